The zero-order chi connectivity index (χ0) is 27.4. The van der Waals surface area contributed by atoms with Crippen LogP contribution in [0, 0.1) is 11.8 Å². The molecule has 1 saturated carbocycles. The van der Waals surface area contributed by atoms with Crippen molar-refractivity contribution in [3.05, 3.63) is 58.8 Å². The third-order valence-corrected chi connectivity index (χ3v) is 6.09. The average Bonchev–Trinajstić information content (AvgIpc) is 3.59. The lowest BCUT2D eigenvalue weighted by atomic mass is 10.0. The molecule has 0 bridgehead atoms. The molecule has 2 heterocycles. The van der Waals surface area contributed by atoms with E-state index in [9.17, 15) is 14.5 Å². The summed E-state index contributed by atoms with van der Waals surface area (Å²) < 4.78 is 18.0. The third kappa shape index (κ3) is 6.55. The predicted octanol–water partition coefficient (Wildman–Crippen LogP) is 4.94. The highest BCUT2D eigenvalue weighted by Crippen LogP contribution is 2.37. The van der Waals surface area contributed by atoms with Crippen molar-refractivity contribution in [1.29, 1.82) is 0 Å². The number of aromatic nitrogens is 3. The maximum Gasteiger partial charge on any atom is 0.514 e. The molecule has 0 aliphatic heterocycles. The van der Waals surface area contributed by atoms with E-state index in [0.717, 1.165) is 12.1 Å². The van der Waals surface area contributed by atoms with Crippen LogP contribution in [0.25, 0.3) is 0 Å². The summed E-state index contributed by atoms with van der Waals surface area (Å²) in [5, 5.41) is 7.72. The van der Waals surface area contributed by atoms with Crippen LogP contribution in [0.15, 0.2) is 40.9 Å². The predicted molar refractivity (Wildman–Crippen MR) is 135 cm³/mol. The summed E-state index contributed by atoms with van der Waals surface area (Å²) in [6.45, 7) is 7.79. The SMILES string of the molecule is CO[N+](=O)c1ccc(OC(=O)O[C@@H]2CC[C@H](c3cc(NC(=O)Cc4ncc(C)o4)n(C(C)(C)C)n3)C2)cc1. The fourth-order valence-corrected chi connectivity index (χ4v) is 4.32. The van der Waals surface area contributed by atoms with Crippen LogP contribution < -0.4 is 10.1 Å². The summed E-state index contributed by atoms with van der Waals surface area (Å²) in [6, 6.07) is 7.78. The van der Waals surface area contributed by atoms with Crippen LogP contribution in [0.4, 0.5) is 16.3 Å². The lowest BCUT2D eigenvalue weighted by molar-refractivity contribution is -0.736. The minimum Gasteiger partial charge on any atom is -0.445 e. The first-order valence-electron chi connectivity index (χ1n) is 12.3. The molecular formula is C26H32N5O7+. The second-order valence-electron chi connectivity index (χ2n) is 10.2. The molecule has 4 rings (SSSR count). The number of amides is 1. The van der Waals surface area contributed by atoms with Gasteiger partial charge in [0.2, 0.25) is 11.8 Å². The van der Waals surface area contributed by atoms with Gasteiger partial charge in [0.25, 0.3) is 4.92 Å². The molecule has 2 aromatic heterocycles. The maximum atomic E-state index is 12.6. The quantitative estimate of drug-likeness (QED) is 0.246. The molecular weight excluding hydrogens is 494 g/mol. The lowest BCUT2D eigenvalue weighted by Crippen LogP contribution is -2.27. The van der Waals surface area contributed by atoms with Gasteiger partial charge in [-0.3, -0.25) is 4.79 Å². The first kappa shape index (κ1) is 26.8. The van der Waals surface area contributed by atoms with Gasteiger partial charge in [-0.05, 0) is 59.1 Å². The number of benzene rings is 1. The van der Waals surface area contributed by atoms with Crippen molar-refractivity contribution in [2.24, 2.45) is 0 Å². The Hall–Kier alpha value is -4.22. The van der Waals surface area contributed by atoms with E-state index in [0.29, 0.717) is 35.2 Å². The summed E-state index contributed by atoms with van der Waals surface area (Å²) in [5.74, 6) is 1.63. The molecule has 202 valence electrons. The number of hydrogen-bond acceptors (Lipinski definition) is 9. The van der Waals surface area contributed by atoms with Crippen molar-refractivity contribution in [3.63, 3.8) is 0 Å². The average molecular weight is 527 g/mol. The molecule has 1 amide bonds. The Morgan fingerprint density at radius 2 is 1.95 bits per heavy atom. The fourth-order valence-electron chi connectivity index (χ4n) is 4.32. The van der Waals surface area contributed by atoms with E-state index < -0.39 is 6.16 Å². The standard InChI is InChI=1S/C26H31N5O7/c1-16-15-27-24(36-16)14-23(32)28-22-13-21(29-30(22)26(2,3)4)17-6-9-20(12-17)38-25(33)37-19-10-7-18(8-11-19)31(34)35-5/h7-8,10-11,13,15,17,20H,6,9,12,14H2,1-5H3/p+1/t17-,20+/m0/s1. The first-order valence-corrected chi connectivity index (χ1v) is 12.3. The number of anilines is 1. The van der Waals surface area contributed by atoms with Crippen LogP contribution >= 0.6 is 0 Å². The van der Waals surface area contributed by atoms with Crippen molar-refractivity contribution < 1.29 is 33.2 Å². The van der Waals surface area contributed by atoms with Crippen LogP contribution in [0.3, 0.4) is 0 Å². The van der Waals surface area contributed by atoms with Gasteiger partial charge < -0.3 is 19.2 Å². The van der Waals surface area contributed by atoms with Gasteiger partial charge in [0.1, 0.15) is 29.9 Å². The van der Waals surface area contributed by atoms with Gasteiger partial charge in [-0.2, -0.15) is 5.10 Å². The normalized spacial score (nSPS) is 17.2. The molecule has 12 heteroatoms. The second-order valence-corrected chi connectivity index (χ2v) is 10.2. The van der Waals surface area contributed by atoms with Crippen molar-refractivity contribution in [2.75, 3.05) is 12.4 Å². The molecule has 12 nitrogen and oxygen atoms in total. The lowest BCUT2D eigenvalue weighted by Gasteiger charge is -2.22. The Bertz CT molecular complexity index is 1310. The van der Waals surface area contributed by atoms with E-state index in [1.165, 1.54) is 31.4 Å². The van der Waals surface area contributed by atoms with Gasteiger partial charge in [-0.15, -0.1) is 0 Å². The van der Waals surface area contributed by atoms with Gasteiger partial charge in [-0.25, -0.2) is 19.3 Å². The Labute approximate surface area is 219 Å². The number of aryl methyl sites for hydroxylation is 1. The van der Waals surface area contributed by atoms with Crippen molar-refractivity contribution in [3.8, 4) is 5.75 Å². The van der Waals surface area contributed by atoms with E-state index in [1.54, 1.807) is 17.8 Å². The van der Waals surface area contributed by atoms with Gasteiger partial charge >= 0.3 is 11.8 Å². The number of hydrogen-bond donors (Lipinski definition) is 1. The Morgan fingerprint density at radius 3 is 2.58 bits per heavy atom. The highest BCUT2D eigenvalue weighted by atomic mass is 16.8. The van der Waals surface area contributed by atoms with E-state index in [4.69, 9.17) is 19.0 Å². The Morgan fingerprint density at radius 1 is 1.21 bits per heavy atom. The van der Waals surface area contributed by atoms with Crippen LogP contribution in [0.2, 0.25) is 0 Å². The number of nitrogens with one attached hydrogen (secondary N) is 1. The molecule has 3 aromatic rings. The Balaban J connectivity index is 1.36. The van der Waals surface area contributed by atoms with Gasteiger partial charge in [0.05, 0.1) is 22.3 Å². The molecule has 1 fully saturated rings. The molecule has 0 spiro atoms. The number of nitrogens with zero attached hydrogens (tertiary/aromatic N) is 4. The number of carbonyl (C=O) groups excluding carboxylic acids is 2. The van der Waals surface area contributed by atoms with Crippen molar-refractivity contribution >= 4 is 23.6 Å². The van der Waals surface area contributed by atoms with Gasteiger partial charge in [-0.1, -0.05) is 0 Å². The molecule has 1 aliphatic carbocycles. The Kier molecular flexibility index (Phi) is 7.79. The van der Waals surface area contributed by atoms with E-state index in [1.807, 2.05) is 26.8 Å². The van der Waals surface area contributed by atoms with Crippen LogP contribution in [-0.2, 0) is 26.3 Å². The topological polar surface area (TPSA) is 138 Å². The highest BCUT2D eigenvalue weighted by molar-refractivity contribution is 5.91. The fraction of sp³-hybridized carbons (Fsp3) is 0.462. The monoisotopic (exact) mass is 526 g/mol. The molecule has 0 unspecified atom stereocenters. The summed E-state index contributed by atoms with van der Waals surface area (Å²) in [6.07, 6.45) is 2.46. The summed E-state index contributed by atoms with van der Waals surface area (Å²) in [4.78, 5) is 45.4. The van der Waals surface area contributed by atoms with E-state index in [2.05, 4.69) is 15.1 Å². The minimum absolute atomic E-state index is 0.0181. The molecule has 1 aliphatic rings. The molecule has 1 aromatic carbocycles. The molecule has 0 radical (unpaired) electrons. The summed E-state index contributed by atoms with van der Waals surface area (Å²) >= 11 is 0. The van der Waals surface area contributed by atoms with E-state index in [-0.39, 0.29) is 41.3 Å². The molecule has 1 N–H and O–H groups in total. The van der Waals surface area contributed by atoms with Gasteiger partial charge in [0, 0.05) is 24.1 Å². The smallest absolute Gasteiger partial charge is 0.445 e. The van der Waals surface area contributed by atoms with Gasteiger partial charge in [0.15, 0.2) is 7.11 Å². The maximum absolute atomic E-state index is 12.6. The molecule has 2 atom stereocenters. The summed E-state index contributed by atoms with van der Waals surface area (Å²) in [5.41, 5.74) is 0.711. The number of carbonyl (C=O) groups is 2. The van der Waals surface area contributed by atoms with Crippen LogP contribution in [0.5, 0.6) is 5.75 Å². The van der Waals surface area contributed by atoms with Crippen molar-refractivity contribution in [2.45, 2.75) is 70.9 Å². The highest BCUT2D eigenvalue weighted by Gasteiger charge is 2.33. The number of ether oxygens (including phenoxy) is 2. The van der Waals surface area contributed by atoms with Crippen molar-refractivity contribution in [1.82, 2.24) is 14.8 Å². The number of oxazole rings is 1. The zero-order valence-corrected chi connectivity index (χ0v) is 22.1. The molecule has 0 saturated heterocycles. The second kappa shape index (κ2) is 11.0. The van der Waals surface area contributed by atoms with Crippen LogP contribution in [-0.4, -0.2) is 45.0 Å². The largest absolute Gasteiger partial charge is 0.514 e. The number of rotatable bonds is 8. The molecule has 38 heavy (non-hydrogen) atoms. The zero-order valence-electron chi connectivity index (χ0n) is 22.1. The minimum atomic E-state index is -0.816. The first-order chi connectivity index (χ1) is 18.0. The third-order valence-electron chi connectivity index (χ3n) is 6.09. The van der Waals surface area contributed by atoms with Crippen LogP contribution in [0.1, 0.15) is 63.3 Å². The van der Waals surface area contributed by atoms with E-state index >= 15 is 0 Å². The summed E-state index contributed by atoms with van der Waals surface area (Å²) in [7, 11) is 1.26.